The largest absolute Gasteiger partial charge is 0.420 e. The van der Waals surface area contributed by atoms with Gasteiger partial charge in [0.15, 0.2) is 11.5 Å². The predicted molar refractivity (Wildman–Crippen MR) is 139 cm³/mol. The van der Waals surface area contributed by atoms with E-state index in [1.165, 1.54) is 12.1 Å². The van der Waals surface area contributed by atoms with Crippen LogP contribution in [0.15, 0.2) is 91.3 Å². The van der Waals surface area contributed by atoms with Gasteiger partial charge in [0.2, 0.25) is 11.8 Å². The topological polar surface area (TPSA) is 113 Å². The van der Waals surface area contributed by atoms with Crippen LogP contribution in [0.3, 0.4) is 0 Å². The van der Waals surface area contributed by atoms with Crippen LogP contribution in [0, 0.1) is 17.0 Å². The van der Waals surface area contributed by atoms with Gasteiger partial charge < -0.3 is 4.74 Å². The Balaban J connectivity index is 1.44. The molecular weight excluding hydrogens is 482 g/mol. The molecule has 0 saturated heterocycles. The van der Waals surface area contributed by atoms with Crippen LogP contribution >= 0.6 is 0 Å². The third kappa shape index (κ3) is 3.34. The minimum atomic E-state index is -0.432. The molecule has 1 atom stereocenters. The molecule has 0 radical (unpaired) electrons. The summed E-state index contributed by atoms with van der Waals surface area (Å²) in [4.78, 5) is 20.1. The van der Waals surface area contributed by atoms with Crippen LogP contribution in [0.1, 0.15) is 28.3 Å². The predicted octanol–water partition coefficient (Wildman–Crippen LogP) is 5.48. The lowest BCUT2D eigenvalue weighted by atomic mass is 9.84. The number of aromatic nitrogens is 6. The number of nitro groups is 1. The molecule has 1 aliphatic rings. The van der Waals surface area contributed by atoms with Gasteiger partial charge in [0.1, 0.15) is 6.33 Å². The molecule has 38 heavy (non-hydrogen) atoms. The Bertz CT molecular complexity index is 1830. The number of benzene rings is 3. The maximum absolute atomic E-state index is 11.1. The first-order valence-electron chi connectivity index (χ1n) is 12.0. The smallest absolute Gasteiger partial charge is 0.269 e. The van der Waals surface area contributed by atoms with Crippen molar-refractivity contribution in [3.63, 3.8) is 0 Å². The second-order valence-corrected chi connectivity index (χ2v) is 8.97. The Morgan fingerprint density at radius 3 is 2.32 bits per heavy atom. The van der Waals surface area contributed by atoms with E-state index in [2.05, 4.69) is 22.2 Å². The minimum absolute atomic E-state index is 0.00698. The maximum atomic E-state index is 11.1. The number of para-hydroxylation sites is 1. The lowest BCUT2D eigenvalue weighted by Crippen LogP contribution is -2.16. The number of hydrogen-bond donors (Lipinski definition) is 0. The van der Waals surface area contributed by atoms with Crippen molar-refractivity contribution < 1.29 is 9.66 Å². The van der Waals surface area contributed by atoms with E-state index < -0.39 is 4.92 Å². The van der Waals surface area contributed by atoms with Gasteiger partial charge in [-0.25, -0.2) is 19.2 Å². The summed E-state index contributed by atoms with van der Waals surface area (Å²) in [5.41, 5.74) is 5.74. The lowest BCUT2D eigenvalue weighted by Gasteiger charge is -2.26. The van der Waals surface area contributed by atoms with Gasteiger partial charge in [0.25, 0.3) is 5.69 Å². The summed E-state index contributed by atoms with van der Waals surface area (Å²) in [5, 5.41) is 20.5. The average Bonchev–Trinajstić information content (AvgIpc) is 3.54. The fourth-order valence-electron chi connectivity index (χ4n) is 4.96. The molecule has 7 rings (SSSR count). The van der Waals surface area contributed by atoms with Crippen molar-refractivity contribution in [1.29, 1.82) is 0 Å². The van der Waals surface area contributed by atoms with Gasteiger partial charge in [-0.05, 0) is 36.8 Å². The van der Waals surface area contributed by atoms with Gasteiger partial charge in [0.05, 0.1) is 33.3 Å². The van der Waals surface area contributed by atoms with Gasteiger partial charge >= 0.3 is 0 Å². The zero-order chi connectivity index (χ0) is 25.8. The summed E-state index contributed by atoms with van der Waals surface area (Å²) in [6, 6.07) is 26.1. The number of fused-ring (bicyclic) bond motifs is 4. The van der Waals surface area contributed by atoms with Crippen LogP contribution in [0.5, 0.6) is 11.8 Å². The van der Waals surface area contributed by atoms with Crippen molar-refractivity contribution in [1.82, 2.24) is 29.4 Å². The third-order valence-electron chi connectivity index (χ3n) is 6.69. The second-order valence-electron chi connectivity index (χ2n) is 8.97. The Kier molecular flexibility index (Phi) is 4.80. The molecule has 0 amide bonds. The van der Waals surface area contributed by atoms with Crippen molar-refractivity contribution in [2.45, 2.75) is 12.8 Å². The normalized spacial score (nSPS) is 14.1. The molecule has 0 spiro atoms. The van der Waals surface area contributed by atoms with Crippen molar-refractivity contribution >= 4 is 11.3 Å². The number of non-ortho nitro benzene ring substituents is 1. The number of ether oxygens (including phenoxy) is 1. The fourth-order valence-corrected chi connectivity index (χ4v) is 4.96. The summed E-state index contributed by atoms with van der Waals surface area (Å²) in [7, 11) is 0. The van der Waals surface area contributed by atoms with Crippen LogP contribution < -0.4 is 4.74 Å². The highest BCUT2D eigenvalue weighted by Crippen LogP contribution is 2.49. The molecule has 3 aromatic heterocycles. The van der Waals surface area contributed by atoms with Crippen molar-refractivity contribution in [2.75, 3.05) is 0 Å². The van der Waals surface area contributed by atoms with Gasteiger partial charge in [-0.3, -0.25) is 10.1 Å². The molecule has 0 bridgehead atoms. The Morgan fingerprint density at radius 1 is 0.895 bits per heavy atom. The minimum Gasteiger partial charge on any atom is -0.420 e. The van der Waals surface area contributed by atoms with Crippen LogP contribution in [0.2, 0.25) is 0 Å². The second kappa shape index (κ2) is 8.34. The number of rotatable bonds is 4. The maximum Gasteiger partial charge on any atom is 0.269 e. The average molecular weight is 502 g/mol. The van der Waals surface area contributed by atoms with E-state index >= 15 is 0 Å². The highest BCUT2D eigenvalue weighted by Gasteiger charge is 2.38. The summed E-state index contributed by atoms with van der Waals surface area (Å²) in [6.45, 7) is 1.97. The summed E-state index contributed by atoms with van der Waals surface area (Å²) in [5.74, 6) is 1.22. The first-order valence-corrected chi connectivity index (χ1v) is 12.0. The fraction of sp³-hybridized carbons (Fsp3) is 0.0714. The zero-order valence-electron chi connectivity index (χ0n) is 20.1. The van der Waals surface area contributed by atoms with Crippen LogP contribution in [-0.2, 0) is 0 Å². The monoisotopic (exact) mass is 501 g/mol. The van der Waals surface area contributed by atoms with E-state index in [4.69, 9.17) is 14.8 Å². The molecule has 10 heteroatoms. The summed E-state index contributed by atoms with van der Waals surface area (Å²) >= 11 is 0. The highest BCUT2D eigenvalue weighted by atomic mass is 16.6. The molecular formula is C28H19N7O3. The molecule has 184 valence electrons. The third-order valence-corrected chi connectivity index (χ3v) is 6.69. The summed E-state index contributed by atoms with van der Waals surface area (Å²) in [6.07, 6.45) is 1.57. The SMILES string of the molecule is Cc1nn(-c2ccccc2)c2c1C(c1ccccc1)c1c(ncn3nc(-c4ccc([N+](=O)[O-])cc4)nc13)O2. The Hall–Kier alpha value is -5.38. The number of hydrogen-bond acceptors (Lipinski definition) is 7. The molecule has 0 N–H and O–H groups in total. The lowest BCUT2D eigenvalue weighted by molar-refractivity contribution is -0.384. The van der Waals surface area contributed by atoms with E-state index in [1.54, 1.807) is 23.0 Å². The number of aryl methyl sites for hydroxylation is 1. The molecule has 0 aliphatic carbocycles. The Labute approximate surface area is 216 Å². The molecule has 4 heterocycles. The molecule has 10 nitrogen and oxygen atoms in total. The Morgan fingerprint density at radius 2 is 1.61 bits per heavy atom. The first-order chi connectivity index (χ1) is 18.6. The highest BCUT2D eigenvalue weighted by molar-refractivity contribution is 5.69. The van der Waals surface area contributed by atoms with Gasteiger partial charge in [-0.2, -0.15) is 5.10 Å². The van der Waals surface area contributed by atoms with E-state index in [9.17, 15) is 10.1 Å². The quantitative estimate of drug-likeness (QED) is 0.232. The van der Waals surface area contributed by atoms with Gasteiger partial charge in [-0.15, -0.1) is 5.10 Å². The molecule has 0 fully saturated rings. The van der Waals surface area contributed by atoms with Crippen molar-refractivity contribution in [3.8, 4) is 28.8 Å². The van der Waals surface area contributed by atoms with E-state index in [1.807, 2.05) is 60.1 Å². The van der Waals surface area contributed by atoms with Crippen LogP contribution in [-0.4, -0.2) is 34.3 Å². The number of nitro benzene ring substituents is 1. The molecule has 1 aliphatic heterocycles. The molecule has 6 aromatic rings. The molecule has 1 unspecified atom stereocenters. The van der Waals surface area contributed by atoms with Crippen molar-refractivity contribution in [2.24, 2.45) is 0 Å². The van der Waals surface area contributed by atoms with Gasteiger partial charge in [-0.1, -0.05) is 48.5 Å². The standard InChI is InChI=1S/C28H19N7O3/c1-17-22-23(18-8-4-2-5-9-18)24-26-30-25(19-12-14-21(15-13-19)35(36)37)32-33(26)16-29-27(24)38-28(22)34(31-17)20-10-6-3-7-11-20/h2-16,23H,1H3. The van der Waals surface area contributed by atoms with E-state index in [0.29, 0.717) is 28.8 Å². The van der Waals surface area contributed by atoms with E-state index in [-0.39, 0.29) is 11.6 Å². The van der Waals surface area contributed by atoms with Crippen LogP contribution in [0.25, 0.3) is 22.7 Å². The summed E-state index contributed by atoms with van der Waals surface area (Å²) < 4.78 is 9.86. The molecule has 0 saturated carbocycles. The van der Waals surface area contributed by atoms with E-state index in [0.717, 1.165) is 28.1 Å². The van der Waals surface area contributed by atoms with Crippen molar-refractivity contribution in [3.05, 3.63) is 124 Å². The molecule has 3 aromatic carbocycles. The van der Waals surface area contributed by atoms with Crippen LogP contribution in [0.4, 0.5) is 5.69 Å². The zero-order valence-corrected chi connectivity index (χ0v) is 20.1. The number of nitrogens with zero attached hydrogens (tertiary/aromatic N) is 7. The van der Waals surface area contributed by atoms with Gasteiger partial charge in [0, 0.05) is 17.7 Å². The first kappa shape index (κ1) is 21.9.